The van der Waals surface area contributed by atoms with Crippen LogP contribution in [-0.4, -0.2) is 29.2 Å². The van der Waals surface area contributed by atoms with Crippen LogP contribution in [0.15, 0.2) is 24.4 Å². The van der Waals surface area contributed by atoms with Gasteiger partial charge < -0.3 is 9.64 Å². The number of aryl methyl sites for hydroxylation is 2. The molecule has 6 heteroatoms. The number of anilines is 1. The lowest BCUT2D eigenvalue weighted by Gasteiger charge is -2.35. The van der Waals surface area contributed by atoms with Crippen LogP contribution in [0.2, 0.25) is 5.02 Å². The average Bonchev–Trinajstić information content (AvgIpc) is 2.57. The van der Waals surface area contributed by atoms with Gasteiger partial charge in [-0.05, 0) is 38.8 Å². The summed E-state index contributed by atoms with van der Waals surface area (Å²) < 4.78 is 5.99. The van der Waals surface area contributed by atoms with E-state index in [-0.39, 0.29) is 6.10 Å². The van der Waals surface area contributed by atoms with Crippen LogP contribution in [0.5, 0.6) is 5.88 Å². The van der Waals surface area contributed by atoms with E-state index in [1.165, 1.54) is 0 Å². The lowest BCUT2D eigenvalue weighted by atomic mass is 10.0. The van der Waals surface area contributed by atoms with E-state index in [4.69, 9.17) is 16.3 Å². The number of nitriles is 1. The van der Waals surface area contributed by atoms with Gasteiger partial charge in [0.1, 0.15) is 12.2 Å². The van der Waals surface area contributed by atoms with Gasteiger partial charge in [-0.1, -0.05) is 11.6 Å². The zero-order valence-corrected chi connectivity index (χ0v) is 14.5. The van der Waals surface area contributed by atoms with Crippen molar-refractivity contribution in [3.63, 3.8) is 0 Å². The molecule has 24 heavy (non-hydrogen) atoms. The second-order valence-corrected chi connectivity index (χ2v) is 6.43. The van der Waals surface area contributed by atoms with Gasteiger partial charge in [-0.3, -0.25) is 4.98 Å². The summed E-state index contributed by atoms with van der Waals surface area (Å²) in [5.41, 5.74) is 3.28. The molecule has 1 unspecified atom stereocenters. The van der Waals surface area contributed by atoms with Gasteiger partial charge in [0.2, 0.25) is 5.88 Å². The van der Waals surface area contributed by atoms with Gasteiger partial charge in [-0.25, -0.2) is 4.98 Å². The van der Waals surface area contributed by atoms with E-state index in [1.807, 2.05) is 19.9 Å². The quantitative estimate of drug-likeness (QED) is 0.851. The summed E-state index contributed by atoms with van der Waals surface area (Å²) in [5.74, 6) is 0.578. The lowest BCUT2D eigenvalue weighted by Crippen LogP contribution is -2.41. The molecule has 0 spiro atoms. The molecule has 3 heterocycles. The first kappa shape index (κ1) is 16.5. The number of piperidine rings is 1. The van der Waals surface area contributed by atoms with Crippen LogP contribution in [0.25, 0.3) is 0 Å². The minimum Gasteiger partial charge on any atom is -0.472 e. The maximum atomic E-state index is 9.48. The van der Waals surface area contributed by atoms with E-state index in [9.17, 15) is 5.26 Å². The van der Waals surface area contributed by atoms with Crippen molar-refractivity contribution in [2.24, 2.45) is 0 Å². The number of ether oxygens (including phenoxy) is 1. The van der Waals surface area contributed by atoms with Gasteiger partial charge in [0.15, 0.2) is 0 Å². The molecule has 1 atom stereocenters. The van der Waals surface area contributed by atoms with E-state index in [0.29, 0.717) is 16.5 Å². The SMILES string of the molecule is Cc1cc(N2CCCC(Oc3ccc(Cl)cn3)C2)c(C#N)c(C)n1. The van der Waals surface area contributed by atoms with E-state index in [0.717, 1.165) is 43.0 Å². The van der Waals surface area contributed by atoms with Crippen molar-refractivity contribution in [2.45, 2.75) is 32.8 Å². The van der Waals surface area contributed by atoms with Crippen LogP contribution in [0.3, 0.4) is 0 Å². The molecule has 5 nitrogen and oxygen atoms in total. The molecule has 0 aliphatic carbocycles. The Morgan fingerprint density at radius 2 is 2.21 bits per heavy atom. The molecule has 0 N–H and O–H groups in total. The van der Waals surface area contributed by atoms with Crippen LogP contribution in [0, 0.1) is 25.2 Å². The van der Waals surface area contributed by atoms with Gasteiger partial charge in [-0.15, -0.1) is 0 Å². The molecule has 0 bridgehead atoms. The summed E-state index contributed by atoms with van der Waals surface area (Å²) in [7, 11) is 0. The summed E-state index contributed by atoms with van der Waals surface area (Å²) in [6.07, 6.45) is 3.59. The van der Waals surface area contributed by atoms with Crippen molar-refractivity contribution in [2.75, 3.05) is 18.0 Å². The Balaban J connectivity index is 1.79. The fourth-order valence-corrected chi connectivity index (χ4v) is 3.16. The molecule has 124 valence electrons. The van der Waals surface area contributed by atoms with Crippen LogP contribution >= 0.6 is 11.6 Å². The molecule has 1 saturated heterocycles. The van der Waals surface area contributed by atoms with Crippen molar-refractivity contribution in [1.29, 1.82) is 5.26 Å². The molecule has 0 amide bonds. The van der Waals surface area contributed by atoms with E-state index in [1.54, 1.807) is 18.3 Å². The molecule has 1 aliphatic rings. The van der Waals surface area contributed by atoms with E-state index >= 15 is 0 Å². The largest absolute Gasteiger partial charge is 0.472 e. The Kier molecular flexibility index (Phi) is 4.86. The first-order chi connectivity index (χ1) is 11.6. The molecule has 0 aromatic carbocycles. The average molecular weight is 343 g/mol. The van der Waals surface area contributed by atoms with E-state index < -0.39 is 0 Å². The Morgan fingerprint density at radius 1 is 1.38 bits per heavy atom. The first-order valence-corrected chi connectivity index (χ1v) is 8.36. The highest BCUT2D eigenvalue weighted by molar-refractivity contribution is 6.30. The standard InChI is InChI=1S/C18H19ClN4O/c1-12-8-17(16(9-20)13(2)22-12)23-7-3-4-15(11-23)24-18-6-5-14(19)10-21-18/h5-6,8,10,15H,3-4,7,11H2,1-2H3. The molecule has 0 saturated carbocycles. The van der Waals surface area contributed by atoms with Crippen LogP contribution < -0.4 is 9.64 Å². The zero-order valence-electron chi connectivity index (χ0n) is 13.8. The molecule has 1 aliphatic heterocycles. The maximum absolute atomic E-state index is 9.48. The normalized spacial score (nSPS) is 17.4. The number of aromatic nitrogens is 2. The second-order valence-electron chi connectivity index (χ2n) is 6.00. The van der Waals surface area contributed by atoms with Gasteiger partial charge in [-0.2, -0.15) is 5.26 Å². The third-order valence-electron chi connectivity index (χ3n) is 4.13. The molecular weight excluding hydrogens is 324 g/mol. The Labute approximate surface area is 146 Å². The van der Waals surface area contributed by atoms with Crippen LogP contribution in [0.4, 0.5) is 5.69 Å². The smallest absolute Gasteiger partial charge is 0.213 e. The molecule has 2 aromatic rings. The number of nitrogens with zero attached hydrogens (tertiary/aromatic N) is 4. The lowest BCUT2D eigenvalue weighted by molar-refractivity contribution is 0.172. The number of halogens is 1. The molecule has 0 radical (unpaired) electrons. The highest BCUT2D eigenvalue weighted by atomic mass is 35.5. The number of hydrogen-bond donors (Lipinski definition) is 0. The maximum Gasteiger partial charge on any atom is 0.213 e. The zero-order chi connectivity index (χ0) is 17.1. The van der Waals surface area contributed by atoms with Gasteiger partial charge in [0.05, 0.1) is 28.5 Å². The minimum atomic E-state index is 0.0349. The van der Waals surface area contributed by atoms with Crippen molar-refractivity contribution in [3.05, 3.63) is 46.4 Å². The summed E-state index contributed by atoms with van der Waals surface area (Å²) in [4.78, 5) is 10.8. The Morgan fingerprint density at radius 3 is 2.92 bits per heavy atom. The second kappa shape index (κ2) is 7.06. The highest BCUT2D eigenvalue weighted by Crippen LogP contribution is 2.27. The predicted octanol–water partition coefficient (Wildman–Crippen LogP) is 3.67. The fourth-order valence-electron chi connectivity index (χ4n) is 3.05. The van der Waals surface area contributed by atoms with Crippen LogP contribution in [0.1, 0.15) is 29.8 Å². The summed E-state index contributed by atoms with van der Waals surface area (Å²) in [6.45, 7) is 5.46. The molecule has 3 rings (SSSR count). The van der Waals surface area contributed by atoms with Crippen LogP contribution in [-0.2, 0) is 0 Å². The number of pyridine rings is 2. The van der Waals surface area contributed by atoms with Gasteiger partial charge in [0, 0.05) is 24.5 Å². The number of hydrogen-bond acceptors (Lipinski definition) is 5. The topological polar surface area (TPSA) is 62.0 Å². The third-order valence-corrected chi connectivity index (χ3v) is 4.35. The molecule has 2 aromatic heterocycles. The van der Waals surface area contributed by atoms with Gasteiger partial charge in [0.25, 0.3) is 0 Å². The number of rotatable bonds is 3. The van der Waals surface area contributed by atoms with Crippen molar-refractivity contribution < 1.29 is 4.74 Å². The van der Waals surface area contributed by atoms with E-state index in [2.05, 4.69) is 20.9 Å². The Bertz CT molecular complexity index is 770. The molecule has 1 fully saturated rings. The highest BCUT2D eigenvalue weighted by Gasteiger charge is 2.24. The van der Waals surface area contributed by atoms with Crippen molar-refractivity contribution in [1.82, 2.24) is 9.97 Å². The summed E-state index contributed by atoms with van der Waals surface area (Å²) in [5, 5.41) is 10.1. The first-order valence-electron chi connectivity index (χ1n) is 7.98. The molecular formula is C18H19ClN4O. The Hall–Kier alpha value is -2.32. The van der Waals surface area contributed by atoms with Gasteiger partial charge >= 0.3 is 0 Å². The predicted molar refractivity (Wildman–Crippen MR) is 93.5 cm³/mol. The monoisotopic (exact) mass is 342 g/mol. The van der Waals surface area contributed by atoms with Crippen molar-refractivity contribution >= 4 is 17.3 Å². The fraction of sp³-hybridized carbons (Fsp3) is 0.389. The van der Waals surface area contributed by atoms with Crippen molar-refractivity contribution in [3.8, 4) is 11.9 Å². The summed E-state index contributed by atoms with van der Waals surface area (Å²) >= 11 is 5.86. The third kappa shape index (κ3) is 3.60. The minimum absolute atomic E-state index is 0.0349. The summed E-state index contributed by atoms with van der Waals surface area (Å²) in [6, 6.07) is 7.82.